The Kier molecular flexibility index (Phi) is 5.13. The van der Waals surface area contributed by atoms with Crippen molar-refractivity contribution in [2.24, 2.45) is 5.73 Å². The van der Waals surface area contributed by atoms with Crippen LogP contribution in [0.25, 0.3) is 6.08 Å². The van der Waals surface area contributed by atoms with E-state index in [-0.39, 0.29) is 0 Å². The third-order valence-corrected chi connectivity index (χ3v) is 2.76. The Balaban J connectivity index is 2.64. The molecular formula is C14H21N. The molecule has 1 unspecified atom stereocenters. The summed E-state index contributed by atoms with van der Waals surface area (Å²) in [5.74, 6) is 0.659. The third kappa shape index (κ3) is 3.88. The second-order valence-electron chi connectivity index (χ2n) is 3.96. The largest absolute Gasteiger partial charge is 0.330 e. The van der Waals surface area contributed by atoms with Gasteiger partial charge in [0.15, 0.2) is 0 Å². The number of rotatable bonds is 5. The zero-order valence-electron chi connectivity index (χ0n) is 9.74. The highest BCUT2D eigenvalue weighted by molar-refractivity contribution is 5.49. The number of benzene rings is 1. The minimum Gasteiger partial charge on any atom is -0.330 e. The van der Waals surface area contributed by atoms with E-state index in [4.69, 9.17) is 5.73 Å². The summed E-state index contributed by atoms with van der Waals surface area (Å²) in [7, 11) is 0. The molecule has 0 saturated carbocycles. The van der Waals surface area contributed by atoms with Gasteiger partial charge in [-0.3, -0.25) is 0 Å². The quantitative estimate of drug-likeness (QED) is 0.778. The van der Waals surface area contributed by atoms with Gasteiger partial charge in [0, 0.05) is 0 Å². The Morgan fingerprint density at radius 3 is 2.47 bits per heavy atom. The molecule has 1 rings (SSSR count). The predicted octanol–water partition coefficient (Wildman–Crippen LogP) is 3.56. The van der Waals surface area contributed by atoms with Crippen LogP contribution in [0.4, 0.5) is 0 Å². The molecule has 2 N–H and O–H groups in total. The molecule has 1 atom stereocenters. The van der Waals surface area contributed by atoms with Crippen LogP contribution in [-0.2, 0) is 0 Å². The highest BCUT2D eigenvalue weighted by atomic mass is 14.5. The fraction of sp³-hybridized carbons (Fsp3) is 0.429. The third-order valence-electron chi connectivity index (χ3n) is 2.76. The van der Waals surface area contributed by atoms with Crippen molar-refractivity contribution >= 4 is 6.08 Å². The standard InChI is InChI=1S/C14H21N/c1-3-12(2)14-9-7-13(8-10-14)6-4-5-11-15/h4,6-10,12H,3,5,11,15H2,1-2H3/b6-4+. The van der Waals surface area contributed by atoms with Crippen molar-refractivity contribution in [1.82, 2.24) is 0 Å². The van der Waals surface area contributed by atoms with Gasteiger partial charge < -0.3 is 5.73 Å². The van der Waals surface area contributed by atoms with Gasteiger partial charge in [0.2, 0.25) is 0 Å². The molecule has 0 aliphatic rings. The van der Waals surface area contributed by atoms with Crippen molar-refractivity contribution in [2.75, 3.05) is 6.54 Å². The maximum absolute atomic E-state index is 5.42. The first kappa shape index (κ1) is 12.0. The van der Waals surface area contributed by atoms with Crippen LogP contribution in [0, 0.1) is 0 Å². The van der Waals surface area contributed by atoms with E-state index in [1.807, 2.05) is 0 Å². The highest BCUT2D eigenvalue weighted by Gasteiger charge is 2.00. The van der Waals surface area contributed by atoms with Gasteiger partial charge in [0.1, 0.15) is 0 Å². The molecule has 0 radical (unpaired) electrons. The molecule has 0 saturated heterocycles. The Morgan fingerprint density at radius 1 is 1.27 bits per heavy atom. The molecule has 0 amide bonds. The van der Waals surface area contributed by atoms with Gasteiger partial charge >= 0.3 is 0 Å². The number of hydrogen-bond acceptors (Lipinski definition) is 1. The summed E-state index contributed by atoms with van der Waals surface area (Å²) >= 11 is 0. The molecular weight excluding hydrogens is 182 g/mol. The summed E-state index contributed by atoms with van der Waals surface area (Å²) in [6.45, 7) is 5.21. The van der Waals surface area contributed by atoms with Crippen molar-refractivity contribution in [3.05, 3.63) is 41.5 Å². The van der Waals surface area contributed by atoms with Crippen molar-refractivity contribution in [3.8, 4) is 0 Å². The fourth-order valence-electron chi connectivity index (χ4n) is 1.49. The van der Waals surface area contributed by atoms with E-state index in [1.54, 1.807) is 0 Å². The molecule has 0 aromatic heterocycles. The molecule has 15 heavy (non-hydrogen) atoms. The Morgan fingerprint density at radius 2 is 1.93 bits per heavy atom. The van der Waals surface area contributed by atoms with Gasteiger partial charge in [-0.1, -0.05) is 50.3 Å². The molecule has 0 aliphatic carbocycles. The Bertz CT molecular complexity index is 298. The molecule has 0 spiro atoms. The first-order valence-corrected chi connectivity index (χ1v) is 5.74. The summed E-state index contributed by atoms with van der Waals surface area (Å²) in [4.78, 5) is 0. The van der Waals surface area contributed by atoms with E-state index in [1.165, 1.54) is 17.5 Å². The molecule has 1 aromatic carbocycles. The average molecular weight is 203 g/mol. The SMILES string of the molecule is CCC(C)c1ccc(/C=C/CCN)cc1. The molecule has 1 aromatic rings. The van der Waals surface area contributed by atoms with E-state index in [0.717, 1.165) is 13.0 Å². The molecule has 0 bridgehead atoms. The monoisotopic (exact) mass is 203 g/mol. The Hall–Kier alpha value is -1.08. The lowest BCUT2D eigenvalue weighted by molar-refractivity contribution is 0.733. The predicted molar refractivity (Wildman–Crippen MR) is 67.9 cm³/mol. The summed E-state index contributed by atoms with van der Waals surface area (Å²) in [6, 6.07) is 8.79. The number of hydrogen-bond donors (Lipinski definition) is 1. The summed E-state index contributed by atoms with van der Waals surface area (Å²) < 4.78 is 0. The second-order valence-corrected chi connectivity index (χ2v) is 3.96. The van der Waals surface area contributed by atoms with E-state index >= 15 is 0 Å². The first-order valence-electron chi connectivity index (χ1n) is 5.74. The maximum Gasteiger partial charge on any atom is -0.00425 e. The lowest BCUT2D eigenvalue weighted by atomic mass is 9.97. The maximum atomic E-state index is 5.42. The summed E-state index contributed by atoms with van der Waals surface area (Å²) in [5.41, 5.74) is 8.11. The van der Waals surface area contributed by atoms with Crippen molar-refractivity contribution in [2.45, 2.75) is 32.6 Å². The minimum atomic E-state index is 0.659. The van der Waals surface area contributed by atoms with Gasteiger partial charge in [-0.25, -0.2) is 0 Å². The van der Waals surface area contributed by atoms with Crippen LogP contribution >= 0.6 is 0 Å². The van der Waals surface area contributed by atoms with Gasteiger partial charge in [-0.2, -0.15) is 0 Å². The minimum absolute atomic E-state index is 0.659. The molecule has 0 heterocycles. The molecule has 82 valence electrons. The first-order chi connectivity index (χ1) is 7.27. The van der Waals surface area contributed by atoms with Crippen molar-refractivity contribution in [3.63, 3.8) is 0 Å². The Labute approximate surface area is 93.0 Å². The molecule has 1 nitrogen and oxygen atoms in total. The van der Waals surface area contributed by atoms with Crippen LogP contribution in [0.1, 0.15) is 43.7 Å². The number of nitrogens with two attached hydrogens (primary N) is 1. The van der Waals surface area contributed by atoms with Crippen LogP contribution in [-0.4, -0.2) is 6.54 Å². The second kappa shape index (κ2) is 6.41. The van der Waals surface area contributed by atoms with Gasteiger partial charge in [0.05, 0.1) is 0 Å². The highest BCUT2D eigenvalue weighted by Crippen LogP contribution is 2.19. The molecule has 0 aliphatic heterocycles. The fourth-order valence-corrected chi connectivity index (χ4v) is 1.49. The van der Waals surface area contributed by atoms with Crippen LogP contribution in [0.5, 0.6) is 0 Å². The topological polar surface area (TPSA) is 26.0 Å². The van der Waals surface area contributed by atoms with Crippen LogP contribution in [0.3, 0.4) is 0 Å². The normalized spacial score (nSPS) is 13.3. The van der Waals surface area contributed by atoms with Crippen molar-refractivity contribution < 1.29 is 0 Å². The molecule has 0 fully saturated rings. The van der Waals surface area contributed by atoms with E-state index in [2.05, 4.69) is 50.3 Å². The average Bonchev–Trinajstić information content (AvgIpc) is 2.29. The van der Waals surface area contributed by atoms with E-state index in [0.29, 0.717) is 5.92 Å². The zero-order valence-corrected chi connectivity index (χ0v) is 9.74. The summed E-state index contributed by atoms with van der Waals surface area (Å²) in [5, 5.41) is 0. The van der Waals surface area contributed by atoms with E-state index < -0.39 is 0 Å². The van der Waals surface area contributed by atoms with Crippen LogP contribution in [0.2, 0.25) is 0 Å². The van der Waals surface area contributed by atoms with Gasteiger partial charge in [-0.15, -0.1) is 0 Å². The van der Waals surface area contributed by atoms with Crippen LogP contribution < -0.4 is 5.73 Å². The lowest BCUT2D eigenvalue weighted by Gasteiger charge is -2.08. The van der Waals surface area contributed by atoms with Crippen LogP contribution in [0.15, 0.2) is 30.3 Å². The molecule has 1 heteroatoms. The summed E-state index contributed by atoms with van der Waals surface area (Å²) in [6.07, 6.45) is 6.40. The van der Waals surface area contributed by atoms with E-state index in [9.17, 15) is 0 Å². The van der Waals surface area contributed by atoms with Gasteiger partial charge in [-0.05, 0) is 36.4 Å². The van der Waals surface area contributed by atoms with Crippen molar-refractivity contribution in [1.29, 1.82) is 0 Å². The van der Waals surface area contributed by atoms with Gasteiger partial charge in [0.25, 0.3) is 0 Å². The smallest absolute Gasteiger partial charge is 0.00425 e. The zero-order chi connectivity index (χ0) is 11.1. The lowest BCUT2D eigenvalue weighted by Crippen LogP contribution is -1.95.